The molecule has 0 bridgehead atoms. The zero-order valence-electron chi connectivity index (χ0n) is 11.0. The molecule has 1 atom stereocenters. The molecule has 0 aromatic heterocycles. The van der Waals surface area contributed by atoms with Gasteiger partial charge in [-0.2, -0.15) is 0 Å². The van der Waals surface area contributed by atoms with Crippen LogP contribution in [0.3, 0.4) is 0 Å². The van der Waals surface area contributed by atoms with E-state index in [0.717, 1.165) is 31.5 Å². The number of nitrogens with two attached hydrogens (primary N) is 1. The third kappa shape index (κ3) is 3.89. The lowest BCUT2D eigenvalue weighted by Gasteiger charge is -2.34. The number of nitrogens with zero attached hydrogens (tertiary/aromatic N) is 2. The second kappa shape index (κ2) is 6.84. The van der Waals surface area contributed by atoms with Crippen LogP contribution in [0.5, 0.6) is 0 Å². The summed E-state index contributed by atoms with van der Waals surface area (Å²) in [7, 11) is 0. The monoisotopic (exact) mass is 285 g/mol. The quantitative estimate of drug-likeness (QED) is 0.684. The first kappa shape index (κ1) is 15.9. The minimum absolute atomic E-state index is 0. The van der Waals surface area contributed by atoms with Gasteiger partial charge >= 0.3 is 0 Å². The van der Waals surface area contributed by atoms with Crippen molar-refractivity contribution in [1.29, 1.82) is 0 Å². The molecule has 0 saturated carbocycles. The number of rotatable bonds is 3. The van der Waals surface area contributed by atoms with Crippen molar-refractivity contribution < 1.29 is 4.92 Å². The summed E-state index contributed by atoms with van der Waals surface area (Å²) >= 11 is 0. The van der Waals surface area contributed by atoms with Gasteiger partial charge in [-0.25, -0.2) is 0 Å². The average Bonchev–Trinajstić information content (AvgIpc) is 2.39. The molecule has 1 heterocycles. The maximum atomic E-state index is 10.8. The van der Waals surface area contributed by atoms with Gasteiger partial charge in [0.1, 0.15) is 0 Å². The van der Waals surface area contributed by atoms with Crippen LogP contribution in [-0.2, 0) is 0 Å². The predicted molar refractivity (Wildman–Crippen MR) is 77.5 cm³/mol. The van der Waals surface area contributed by atoms with Crippen molar-refractivity contribution in [2.45, 2.75) is 31.8 Å². The molecule has 1 saturated heterocycles. The summed E-state index contributed by atoms with van der Waals surface area (Å²) in [6, 6.07) is 7.41. The SMILES string of the molecule is CC(c1cccc([N+](=O)[O-])c1)N1CCC(N)CC1.Cl. The van der Waals surface area contributed by atoms with Crippen LogP contribution in [0.15, 0.2) is 24.3 Å². The average molecular weight is 286 g/mol. The highest BCUT2D eigenvalue weighted by Crippen LogP contribution is 2.26. The molecule has 0 spiro atoms. The molecule has 1 aromatic rings. The lowest BCUT2D eigenvalue weighted by molar-refractivity contribution is -0.385. The summed E-state index contributed by atoms with van der Waals surface area (Å²) in [5.74, 6) is 0. The minimum atomic E-state index is -0.345. The number of likely N-dealkylation sites (tertiary alicyclic amines) is 1. The minimum Gasteiger partial charge on any atom is -0.328 e. The lowest BCUT2D eigenvalue weighted by Crippen LogP contribution is -2.40. The molecule has 1 fully saturated rings. The second-order valence-electron chi connectivity index (χ2n) is 4.90. The molecule has 1 aliphatic rings. The van der Waals surface area contributed by atoms with E-state index in [1.54, 1.807) is 12.1 Å². The second-order valence-corrected chi connectivity index (χ2v) is 4.90. The van der Waals surface area contributed by atoms with Crippen LogP contribution >= 0.6 is 12.4 Å². The molecule has 1 unspecified atom stereocenters. The standard InChI is InChI=1S/C13H19N3O2.ClH/c1-10(15-7-5-12(14)6-8-15)11-3-2-4-13(9-11)16(17)18;/h2-4,9-10,12H,5-8,14H2,1H3;1H. The molecule has 0 amide bonds. The first-order valence-electron chi connectivity index (χ1n) is 6.32. The first-order chi connectivity index (χ1) is 8.58. The highest BCUT2D eigenvalue weighted by molar-refractivity contribution is 5.85. The van der Waals surface area contributed by atoms with Gasteiger partial charge in [-0.1, -0.05) is 12.1 Å². The van der Waals surface area contributed by atoms with Crippen molar-refractivity contribution in [3.8, 4) is 0 Å². The Balaban J connectivity index is 0.00000180. The van der Waals surface area contributed by atoms with Crippen molar-refractivity contribution in [2.24, 2.45) is 5.73 Å². The van der Waals surface area contributed by atoms with Gasteiger partial charge in [0.05, 0.1) is 4.92 Å². The summed E-state index contributed by atoms with van der Waals surface area (Å²) < 4.78 is 0. The summed E-state index contributed by atoms with van der Waals surface area (Å²) in [6.45, 7) is 4.02. The van der Waals surface area contributed by atoms with Gasteiger partial charge in [0.25, 0.3) is 5.69 Å². The van der Waals surface area contributed by atoms with Crippen molar-refractivity contribution in [3.63, 3.8) is 0 Å². The molecule has 1 aliphatic heterocycles. The van der Waals surface area contributed by atoms with Crippen LogP contribution in [0.1, 0.15) is 31.4 Å². The van der Waals surface area contributed by atoms with E-state index < -0.39 is 0 Å². The van der Waals surface area contributed by atoms with Crippen LogP contribution in [0, 0.1) is 10.1 Å². The maximum absolute atomic E-state index is 10.8. The number of benzene rings is 1. The van der Waals surface area contributed by atoms with Gasteiger partial charge in [-0.15, -0.1) is 12.4 Å². The Morgan fingerprint density at radius 3 is 2.63 bits per heavy atom. The van der Waals surface area contributed by atoms with E-state index in [-0.39, 0.29) is 29.1 Å². The number of piperidine rings is 1. The molecule has 19 heavy (non-hydrogen) atoms. The molecule has 5 nitrogen and oxygen atoms in total. The number of hydrogen-bond acceptors (Lipinski definition) is 4. The van der Waals surface area contributed by atoms with Gasteiger partial charge in [-0.05, 0) is 25.3 Å². The largest absolute Gasteiger partial charge is 0.328 e. The van der Waals surface area contributed by atoms with Gasteiger partial charge < -0.3 is 5.73 Å². The summed E-state index contributed by atoms with van der Waals surface area (Å²) in [6.07, 6.45) is 2.00. The van der Waals surface area contributed by atoms with Crippen molar-refractivity contribution in [2.75, 3.05) is 13.1 Å². The Morgan fingerprint density at radius 2 is 2.05 bits per heavy atom. The molecular formula is C13H20ClN3O2. The normalized spacial score (nSPS) is 18.6. The fourth-order valence-corrected chi connectivity index (χ4v) is 2.42. The predicted octanol–water partition coefficient (Wildman–Crippen LogP) is 2.50. The molecule has 0 aliphatic carbocycles. The van der Waals surface area contributed by atoms with Crippen molar-refractivity contribution in [1.82, 2.24) is 4.90 Å². The van der Waals surface area contributed by atoms with Gasteiger partial charge in [0, 0.05) is 37.3 Å². The fourth-order valence-electron chi connectivity index (χ4n) is 2.42. The highest BCUT2D eigenvalue weighted by Gasteiger charge is 2.22. The van der Waals surface area contributed by atoms with Crippen LogP contribution < -0.4 is 5.73 Å². The molecular weight excluding hydrogens is 266 g/mol. The third-order valence-electron chi connectivity index (χ3n) is 3.69. The molecule has 106 valence electrons. The van der Waals surface area contributed by atoms with Crippen LogP contribution in [0.25, 0.3) is 0 Å². The smallest absolute Gasteiger partial charge is 0.269 e. The van der Waals surface area contributed by atoms with Gasteiger partial charge in [-0.3, -0.25) is 15.0 Å². The Hall–Kier alpha value is -1.17. The maximum Gasteiger partial charge on any atom is 0.269 e. The summed E-state index contributed by atoms with van der Waals surface area (Å²) in [4.78, 5) is 12.8. The van der Waals surface area contributed by atoms with E-state index in [0.29, 0.717) is 6.04 Å². The van der Waals surface area contributed by atoms with Crippen molar-refractivity contribution >= 4 is 18.1 Å². The van der Waals surface area contributed by atoms with E-state index in [9.17, 15) is 10.1 Å². The Kier molecular flexibility index (Phi) is 5.72. The van der Waals surface area contributed by atoms with Crippen LogP contribution in [0.4, 0.5) is 5.69 Å². The van der Waals surface area contributed by atoms with Gasteiger partial charge in [0.15, 0.2) is 0 Å². The van der Waals surface area contributed by atoms with Gasteiger partial charge in [0.2, 0.25) is 0 Å². The number of halogens is 1. The van der Waals surface area contributed by atoms with E-state index in [1.165, 1.54) is 6.07 Å². The fraction of sp³-hybridized carbons (Fsp3) is 0.538. The number of nitro benzene ring substituents is 1. The molecule has 0 radical (unpaired) electrons. The van der Waals surface area contributed by atoms with E-state index >= 15 is 0 Å². The van der Waals surface area contributed by atoms with Crippen LogP contribution in [0.2, 0.25) is 0 Å². The van der Waals surface area contributed by atoms with E-state index in [1.807, 2.05) is 6.07 Å². The highest BCUT2D eigenvalue weighted by atomic mass is 35.5. The van der Waals surface area contributed by atoms with Crippen LogP contribution in [-0.4, -0.2) is 29.0 Å². The van der Waals surface area contributed by atoms with Crippen molar-refractivity contribution in [3.05, 3.63) is 39.9 Å². The molecule has 2 rings (SSSR count). The zero-order valence-corrected chi connectivity index (χ0v) is 11.8. The van der Waals surface area contributed by atoms with E-state index in [4.69, 9.17) is 5.73 Å². The molecule has 1 aromatic carbocycles. The summed E-state index contributed by atoms with van der Waals surface area (Å²) in [5, 5.41) is 10.8. The number of hydrogen-bond donors (Lipinski definition) is 1. The Morgan fingerprint density at radius 1 is 1.42 bits per heavy atom. The molecule has 2 N–H and O–H groups in total. The Labute approximate surface area is 119 Å². The third-order valence-corrected chi connectivity index (χ3v) is 3.69. The Bertz CT molecular complexity index is 434. The number of nitro groups is 1. The van der Waals surface area contributed by atoms with E-state index in [2.05, 4.69) is 11.8 Å². The molecule has 6 heteroatoms. The summed E-state index contributed by atoms with van der Waals surface area (Å²) in [5.41, 5.74) is 7.04. The lowest BCUT2D eigenvalue weighted by atomic mass is 10.0. The topological polar surface area (TPSA) is 72.4 Å². The zero-order chi connectivity index (χ0) is 13.1. The number of non-ortho nitro benzene ring substituents is 1. The first-order valence-corrected chi connectivity index (χ1v) is 6.32.